The van der Waals surface area contributed by atoms with Gasteiger partial charge >= 0.3 is 12.5 Å². The first-order valence-electron chi connectivity index (χ1n) is 15.6. The Balaban J connectivity index is 1.13. The van der Waals surface area contributed by atoms with Gasteiger partial charge in [0, 0.05) is 5.56 Å². The van der Waals surface area contributed by atoms with E-state index in [2.05, 4.69) is 23.8 Å². The van der Waals surface area contributed by atoms with Gasteiger partial charge in [0.05, 0.1) is 18.8 Å². The molecule has 10 heteroatoms. The lowest BCUT2D eigenvalue weighted by Crippen LogP contribution is -2.38. The van der Waals surface area contributed by atoms with E-state index in [0.717, 1.165) is 35.7 Å². The first-order valence-corrected chi connectivity index (χ1v) is 15.6. The number of alkyl halides is 5. The highest BCUT2D eigenvalue weighted by Gasteiger charge is 2.40. The van der Waals surface area contributed by atoms with Crippen LogP contribution in [-0.2, 0) is 20.3 Å². The molecule has 0 amide bonds. The van der Waals surface area contributed by atoms with E-state index < -0.39 is 42.0 Å². The maximum Gasteiger partial charge on any atom is 0.573 e. The highest BCUT2D eigenvalue weighted by atomic mass is 19.4. The van der Waals surface area contributed by atoms with Gasteiger partial charge < -0.3 is 18.9 Å². The molecule has 5 rings (SSSR count). The van der Waals surface area contributed by atoms with Gasteiger partial charge in [0.15, 0.2) is 6.29 Å². The molecular formula is C35H38F6O4. The third-order valence-electron chi connectivity index (χ3n) is 8.63. The smallest absolute Gasteiger partial charge is 0.406 e. The Labute approximate surface area is 259 Å². The van der Waals surface area contributed by atoms with Gasteiger partial charge in [-0.05, 0) is 78.5 Å². The summed E-state index contributed by atoms with van der Waals surface area (Å²) in [5.41, 5.74) is 1.95. The molecule has 2 aliphatic rings. The van der Waals surface area contributed by atoms with Crippen LogP contribution in [0.15, 0.2) is 66.7 Å². The first kappa shape index (κ1) is 33.3. The molecular weight excluding hydrogens is 598 g/mol. The summed E-state index contributed by atoms with van der Waals surface area (Å²) in [7, 11) is 0. The lowest BCUT2D eigenvalue weighted by atomic mass is 9.77. The average Bonchev–Trinajstić information content (AvgIpc) is 3.01. The van der Waals surface area contributed by atoms with Crippen molar-refractivity contribution in [3.8, 4) is 16.9 Å². The van der Waals surface area contributed by atoms with E-state index >= 15 is 13.2 Å². The molecule has 0 unspecified atom stereocenters. The van der Waals surface area contributed by atoms with Crippen LogP contribution in [-0.4, -0.2) is 25.7 Å². The molecule has 1 aliphatic carbocycles. The molecule has 3 aromatic carbocycles. The second-order valence-electron chi connectivity index (χ2n) is 11.9. The molecule has 0 radical (unpaired) electrons. The van der Waals surface area contributed by atoms with E-state index in [9.17, 15) is 13.2 Å². The monoisotopic (exact) mass is 636 g/mol. The Morgan fingerprint density at radius 3 is 1.98 bits per heavy atom. The predicted molar refractivity (Wildman–Crippen MR) is 157 cm³/mol. The molecule has 0 N–H and O–H groups in total. The molecule has 1 heterocycles. The standard InChI is InChI=1S/C35H38F6O4/c1-2-3-4-5-23-6-8-24(9-7-23)25-10-12-26(13-11-25)28-16-19-31(32(36)20-28)34(37,38)44-30-21-42-33(43-22-30)27-14-17-29(18-15-27)45-35(39,40)41/h10-20,23-24,30,33H,2-9,21-22H2,1H3. The number of hydrogen-bond acceptors (Lipinski definition) is 4. The Hall–Kier alpha value is -3.08. The Morgan fingerprint density at radius 1 is 0.756 bits per heavy atom. The maximum absolute atomic E-state index is 15.0. The van der Waals surface area contributed by atoms with Gasteiger partial charge in [0.25, 0.3) is 0 Å². The molecule has 244 valence electrons. The lowest BCUT2D eigenvalue weighted by Gasteiger charge is -2.32. The number of hydrogen-bond donors (Lipinski definition) is 0. The largest absolute Gasteiger partial charge is 0.573 e. The Bertz CT molecular complexity index is 1360. The van der Waals surface area contributed by atoms with Gasteiger partial charge in [-0.3, -0.25) is 0 Å². The van der Waals surface area contributed by atoms with E-state index in [4.69, 9.17) is 14.2 Å². The van der Waals surface area contributed by atoms with Crippen molar-refractivity contribution >= 4 is 0 Å². The highest BCUT2D eigenvalue weighted by molar-refractivity contribution is 5.64. The van der Waals surface area contributed by atoms with Crippen molar-refractivity contribution in [2.45, 2.75) is 89.1 Å². The summed E-state index contributed by atoms with van der Waals surface area (Å²) < 4.78 is 102. The summed E-state index contributed by atoms with van der Waals surface area (Å²) >= 11 is 0. The molecule has 1 saturated heterocycles. The molecule has 3 aromatic rings. The summed E-state index contributed by atoms with van der Waals surface area (Å²) in [4.78, 5) is 0. The third-order valence-corrected chi connectivity index (χ3v) is 8.63. The van der Waals surface area contributed by atoms with E-state index in [1.165, 1.54) is 75.1 Å². The highest BCUT2D eigenvalue weighted by Crippen LogP contribution is 2.39. The van der Waals surface area contributed by atoms with Crippen molar-refractivity contribution in [1.82, 2.24) is 0 Å². The fourth-order valence-electron chi connectivity index (χ4n) is 6.19. The summed E-state index contributed by atoms with van der Waals surface area (Å²) in [6.07, 6.45) is -0.982. The van der Waals surface area contributed by atoms with Gasteiger partial charge in [0.2, 0.25) is 0 Å². The SMILES string of the molecule is CCCCCC1CCC(c2ccc(-c3ccc(C(F)(F)OC4COC(c5ccc(OC(F)(F)F)cc5)OC4)c(F)c3)cc2)CC1. The molecule has 0 atom stereocenters. The topological polar surface area (TPSA) is 36.9 Å². The minimum Gasteiger partial charge on any atom is -0.406 e. The van der Waals surface area contributed by atoms with Crippen LogP contribution in [0.4, 0.5) is 26.3 Å². The maximum atomic E-state index is 15.0. The van der Waals surface area contributed by atoms with E-state index in [0.29, 0.717) is 17.0 Å². The van der Waals surface area contributed by atoms with E-state index in [-0.39, 0.29) is 13.2 Å². The molecule has 0 spiro atoms. The molecule has 4 nitrogen and oxygen atoms in total. The lowest BCUT2D eigenvalue weighted by molar-refractivity contribution is -0.321. The van der Waals surface area contributed by atoms with Crippen LogP contribution >= 0.6 is 0 Å². The zero-order valence-corrected chi connectivity index (χ0v) is 25.1. The number of rotatable bonds is 11. The fraction of sp³-hybridized carbons (Fsp3) is 0.486. The summed E-state index contributed by atoms with van der Waals surface area (Å²) in [6.45, 7) is 1.63. The van der Waals surface area contributed by atoms with Crippen molar-refractivity contribution in [1.29, 1.82) is 0 Å². The van der Waals surface area contributed by atoms with Crippen LogP contribution in [0.5, 0.6) is 5.75 Å². The van der Waals surface area contributed by atoms with Crippen molar-refractivity contribution < 1.29 is 45.3 Å². The molecule has 2 fully saturated rings. The van der Waals surface area contributed by atoms with Crippen LogP contribution in [0.3, 0.4) is 0 Å². The number of halogens is 6. The molecule has 1 saturated carbocycles. The zero-order chi connectivity index (χ0) is 32.0. The van der Waals surface area contributed by atoms with Crippen molar-refractivity contribution in [3.63, 3.8) is 0 Å². The van der Waals surface area contributed by atoms with Gasteiger partial charge in [-0.1, -0.05) is 75.1 Å². The fourth-order valence-corrected chi connectivity index (χ4v) is 6.19. The third kappa shape index (κ3) is 9.01. The molecule has 0 bridgehead atoms. The average molecular weight is 637 g/mol. The molecule has 1 aliphatic heterocycles. The number of unbranched alkanes of at least 4 members (excludes halogenated alkanes) is 2. The van der Waals surface area contributed by atoms with Crippen LogP contribution in [0.2, 0.25) is 0 Å². The van der Waals surface area contributed by atoms with Gasteiger partial charge in [-0.25, -0.2) is 4.39 Å². The summed E-state index contributed by atoms with van der Waals surface area (Å²) in [5.74, 6) is -0.182. The summed E-state index contributed by atoms with van der Waals surface area (Å²) in [5, 5.41) is 0. The zero-order valence-electron chi connectivity index (χ0n) is 25.1. The van der Waals surface area contributed by atoms with Gasteiger partial charge in [-0.2, -0.15) is 8.78 Å². The van der Waals surface area contributed by atoms with Crippen molar-refractivity contribution in [2.24, 2.45) is 5.92 Å². The Morgan fingerprint density at radius 2 is 1.38 bits per heavy atom. The van der Waals surface area contributed by atoms with Crippen LogP contribution in [0.25, 0.3) is 11.1 Å². The van der Waals surface area contributed by atoms with Crippen LogP contribution < -0.4 is 4.74 Å². The van der Waals surface area contributed by atoms with Crippen LogP contribution in [0.1, 0.15) is 87.2 Å². The van der Waals surface area contributed by atoms with E-state index in [1.54, 1.807) is 0 Å². The molecule has 0 aromatic heterocycles. The van der Waals surface area contributed by atoms with Crippen molar-refractivity contribution in [2.75, 3.05) is 13.2 Å². The predicted octanol–water partition coefficient (Wildman–Crippen LogP) is 10.4. The summed E-state index contributed by atoms with van der Waals surface area (Å²) in [6, 6.07) is 16.3. The Kier molecular flexibility index (Phi) is 10.8. The first-order chi connectivity index (χ1) is 21.5. The number of benzene rings is 3. The van der Waals surface area contributed by atoms with Gasteiger partial charge in [-0.15, -0.1) is 13.2 Å². The van der Waals surface area contributed by atoms with Gasteiger partial charge in [0.1, 0.15) is 17.7 Å². The van der Waals surface area contributed by atoms with Crippen molar-refractivity contribution in [3.05, 3.63) is 89.2 Å². The molecule has 45 heavy (non-hydrogen) atoms. The second-order valence-corrected chi connectivity index (χ2v) is 11.9. The second kappa shape index (κ2) is 14.6. The minimum absolute atomic E-state index is 0.298. The normalized spacial score (nSPS) is 22.7. The minimum atomic E-state index is -4.83. The quantitative estimate of drug-likeness (QED) is 0.155. The number of ether oxygens (including phenoxy) is 4. The van der Waals surface area contributed by atoms with E-state index in [1.807, 2.05) is 12.1 Å². The van der Waals surface area contributed by atoms with Crippen LogP contribution in [0, 0.1) is 11.7 Å².